The topological polar surface area (TPSA) is 101 Å². The number of rotatable bonds is 9. The van der Waals surface area contributed by atoms with Gasteiger partial charge in [-0.1, -0.05) is 24.3 Å². The Bertz CT molecular complexity index is 998. The Hall–Kier alpha value is -3.68. The van der Waals surface area contributed by atoms with Gasteiger partial charge in [0.2, 0.25) is 11.8 Å². The summed E-state index contributed by atoms with van der Waals surface area (Å²) in [4.78, 5) is 32.4. The molecule has 0 saturated heterocycles. The molecule has 0 aliphatic carbocycles. The van der Waals surface area contributed by atoms with Crippen LogP contribution in [-0.4, -0.2) is 42.7 Å². The van der Waals surface area contributed by atoms with Gasteiger partial charge in [0.15, 0.2) is 5.92 Å². The molecule has 8 nitrogen and oxygen atoms in total. The average molecular weight is 424 g/mol. The lowest BCUT2D eigenvalue weighted by molar-refractivity contribution is -0.158. The van der Waals surface area contributed by atoms with Gasteiger partial charge in [0.05, 0.1) is 26.5 Å². The van der Waals surface area contributed by atoms with Crippen LogP contribution in [0.4, 0.5) is 0 Å². The van der Waals surface area contributed by atoms with Crippen molar-refractivity contribution in [3.8, 4) is 17.3 Å². The number of oxazole rings is 1. The van der Waals surface area contributed by atoms with E-state index < -0.39 is 17.9 Å². The maximum Gasteiger partial charge on any atom is 0.320 e. The summed E-state index contributed by atoms with van der Waals surface area (Å²) in [5, 5.41) is 0. The van der Waals surface area contributed by atoms with Crippen LogP contribution in [0.5, 0.6) is 5.88 Å². The predicted octanol–water partition coefficient (Wildman–Crippen LogP) is 3.17. The van der Waals surface area contributed by atoms with Crippen molar-refractivity contribution in [3.63, 3.8) is 0 Å². The van der Waals surface area contributed by atoms with Gasteiger partial charge in [-0.3, -0.25) is 9.59 Å². The van der Waals surface area contributed by atoms with E-state index >= 15 is 0 Å². The molecule has 0 aliphatic heterocycles. The van der Waals surface area contributed by atoms with E-state index in [0.29, 0.717) is 30.4 Å². The maximum absolute atomic E-state index is 11.8. The average Bonchev–Trinajstić information content (AvgIpc) is 3.18. The minimum absolute atomic E-state index is 0.132. The largest absolute Gasteiger partial charge is 0.477 e. The number of nitrogens with zero attached hydrogens (tertiary/aromatic N) is 2. The highest BCUT2D eigenvalue weighted by Gasteiger charge is 2.28. The first-order valence-corrected chi connectivity index (χ1v) is 9.77. The van der Waals surface area contributed by atoms with Gasteiger partial charge in [-0.15, -0.1) is 0 Å². The van der Waals surface area contributed by atoms with Crippen LogP contribution in [0.25, 0.3) is 11.5 Å². The summed E-state index contributed by atoms with van der Waals surface area (Å²) in [7, 11) is 2.46. The van der Waals surface area contributed by atoms with Gasteiger partial charge >= 0.3 is 11.9 Å². The number of ether oxygens (including phenoxy) is 3. The third kappa shape index (κ3) is 5.69. The van der Waals surface area contributed by atoms with Crippen LogP contribution in [0.15, 0.2) is 53.1 Å². The van der Waals surface area contributed by atoms with Crippen LogP contribution < -0.4 is 4.74 Å². The Balaban J connectivity index is 1.56. The molecule has 31 heavy (non-hydrogen) atoms. The summed E-state index contributed by atoms with van der Waals surface area (Å²) >= 11 is 0. The van der Waals surface area contributed by atoms with Crippen molar-refractivity contribution in [3.05, 3.63) is 65.7 Å². The number of carbonyl (C=O) groups is 2. The lowest BCUT2D eigenvalue weighted by Gasteiger charge is -2.12. The number of aryl methyl sites for hydroxylation is 1. The second-order valence-electron chi connectivity index (χ2n) is 6.79. The molecule has 0 atom stereocenters. The molecule has 0 unspecified atom stereocenters. The molecule has 0 aliphatic rings. The smallest absolute Gasteiger partial charge is 0.320 e. The van der Waals surface area contributed by atoms with Gasteiger partial charge in [-0.25, -0.2) is 9.97 Å². The lowest BCUT2D eigenvalue weighted by Crippen LogP contribution is -2.28. The molecule has 2 aromatic heterocycles. The van der Waals surface area contributed by atoms with Gasteiger partial charge < -0.3 is 18.6 Å². The summed E-state index contributed by atoms with van der Waals surface area (Å²) in [5.41, 5.74) is 2.44. The zero-order valence-electron chi connectivity index (χ0n) is 17.7. The highest BCUT2D eigenvalue weighted by atomic mass is 16.5. The minimum atomic E-state index is -1.03. The SMILES string of the molecule is COC(=O)C(Cc1ccc(OCCc2nc(-c3ccccc3)oc2C)nc1)C(=O)OC. The Morgan fingerprint density at radius 1 is 1.03 bits per heavy atom. The van der Waals surface area contributed by atoms with E-state index in [1.54, 1.807) is 18.3 Å². The van der Waals surface area contributed by atoms with E-state index in [4.69, 9.17) is 9.15 Å². The van der Waals surface area contributed by atoms with Crippen molar-refractivity contribution < 1.29 is 28.2 Å². The quantitative estimate of drug-likeness (QED) is 0.381. The summed E-state index contributed by atoms with van der Waals surface area (Å²) < 4.78 is 20.8. The molecule has 0 saturated carbocycles. The second kappa shape index (κ2) is 10.4. The third-order valence-corrected chi connectivity index (χ3v) is 4.71. The predicted molar refractivity (Wildman–Crippen MR) is 111 cm³/mol. The molecule has 162 valence electrons. The molecule has 0 bridgehead atoms. The first-order chi connectivity index (χ1) is 15.0. The van der Waals surface area contributed by atoms with Crippen LogP contribution in [0, 0.1) is 12.8 Å². The molecule has 1 aromatic carbocycles. The molecular formula is C23H24N2O6. The van der Waals surface area contributed by atoms with Crippen LogP contribution in [0.3, 0.4) is 0 Å². The second-order valence-corrected chi connectivity index (χ2v) is 6.79. The van der Waals surface area contributed by atoms with Gasteiger partial charge in [-0.2, -0.15) is 0 Å². The fourth-order valence-electron chi connectivity index (χ4n) is 3.02. The van der Waals surface area contributed by atoms with Crippen molar-refractivity contribution >= 4 is 11.9 Å². The summed E-state index contributed by atoms with van der Waals surface area (Å²) in [6.07, 6.45) is 2.26. The van der Waals surface area contributed by atoms with E-state index in [2.05, 4.69) is 19.4 Å². The lowest BCUT2D eigenvalue weighted by atomic mass is 10.0. The molecule has 0 amide bonds. The summed E-state index contributed by atoms with van der Waals surface area (Å²) in [6, 6.07) is 13.1. The first-order valence-electron chi connectivity index (χ1n) is 9.77. The number of carbonyl (C=O) groups excluding carboxylic acids is 2. The van der Waals surface area contributed by atoms with E-state index in [9.17, 15) is 9.59 Å². The zero-order chi connectivity index (χ0) is 22.2. The molecule has 8 heteroatoms. The Morgan fingerprint density at radius 3 is 2.35 bits per heavy atom. The van der Waals surface area contributed by atoms with Crippen LogP contribution >= 0.6 is 0 Å². The molecule has 0 fully saturated rings. The Kier molecular flexibility index (Phi) is 7.37. The maximum atomic E-state index is 11.8. The zero-order valence-corrected chi connectivity index (χ0v) is 17.7. The first kappa shape index (κ1) is 22.0. The summed E-state index contributed by atoms with van der Waals surface area (Å²) in [6.45, 7) is 2.25. The number of aromatic nitrogens is 2. The molecule has 0 radical (unpaired) electrons. The number of pyridine rings is 1. The van der Waals surface area contributed by atoms with Crippen LogP contribution in [0.1, 0.15) is 17.0 Å². The van der Waals surface area contributed by atoms with E-state index in [-0.39, 0.29) is 6.42 Å². The highest BCUT2D eigenvalue weighted by molar-refractivity contribution is 5.95. The standard InChI is InChI=1S/C23H24N2O6/c1-15-19(25-21(31-15)17-7-5-4-6-8-17)11-12-30-20-10-9-16(14-24-20)13-18(22(26)28-2)23(27)29-3/h4-10,14,18H,11-13H2,1-3H3. The van der Waals surface area contributed by atoms with Gasteiger partial charge in [-0.05, 0) is 31.0 Å². The van der Waals surface area contributed by atoms with E-state index in [0.717, 1.165) is 17.0 Å². The van der Waals surface area contributed by atoms with Crippen LogP contribution in [0.2, 0.25) is 0 Å². The molecule has 3 rings (SSSR count). The van der Waals surface area contributed by atoms with Gasteiger partial charge in [0.25, 0.3) is 0 Å². The third-order valence-electron chi connectivity index (χ3n) is 4.71. The van der Waals surface area contributed by atoms with Crippen molar-refractivity contribution in [2.75, 3.05) is 20.8 Å². The van der Waals surface area contributed by atoms with Gasteiger partial charge in [0.1, 0.15) is 5.76 Å². The van der Waals surface area contributed by atoms with Gasteiger partial charge in [0, 0.05) is 24.2 Å². The fraction of sp³-hybridized carbons (Fsp3) is 0.304. The normalized spacial score (nSPS) is 10.7. The minimum Gasteiger partial charge on any atom is -0.477 e. The fourth-order valence-corrected chi connectivity index (χ4v) is 3.02. The Labute approximate surface area is 180 Å². The molecule has 0 spiro atoms. The Morgan fingerprint density at radius 2 is 1.74 bits per heavy atom. The number of hydrogen-bond donors (Lipinski definition) is 0. The number of esters is 2. The van der Waals surface area contributed by atoms with Crippen molar-refractivity contribution in [1.29, 1.82) is 0 Å². The van der Waals surface area contributed by atoms with Crippen molar-refractivity contribution in [2.24, 2.45) is 5.92 Å². The monoisotopic (exact) mass is 424 g/mol. The summed E-state index contributed by atoms with van der Waals surface area (Å²) in [5.74, 6) is -0.558. The number of methoxy groups -OCH3 is 2. The van der Waals surface area contributed by atoms with Crippen molar-refractivity contribution in [2.45, 2.75) is 19.8 Å². The number of benzene rings is 1. The molecule has 3 aromatic rings. The van der Waals surface area contributed by atoms with Crippen LogP contribution in [-0.2, 0) is 31.9 Å². The number of hydrogen-bond acceptors (Lipinski definition) is 8. The van der Waals surface area contributed by atoms with E-state index in [1.165, 1.54) is 14.2 Å². The molecular weight excluding hydrogens is 400 g/mol. The molecule has 2 heterocycles. The highest BCUT2D eigenvalue weighted by Crippen LogP contribution is 2.22. The van der Waals surface area contributed by atoms with Crippen molar-refractivity contribution in [1.82, 2.24) is 9.97 Å². The molecule has 0 N–H and O–H groups in total. The van der Waals surface area contributed by atoms with E-state index in [1.807, 2.05) is 37.3 Å².